The summed E-state index contributed by atoms with van der Waals surface area (Å²) in [4.78, 5) is 0. The van der Waals surface area contributed by atoms with E-state index in [-0.39, 0.29) is 11.1 Å². The topological polar surface area (TPSA) is 67.3 Å². The van der Waals surface area contributed by atoms with E-state index < -0.39 is 11.7 Å². The van der Waals surface area contributed by atoms with Gasteiger partial charge in [-0.15, -0.1) is 0 Å². The molecule has 0 aliphatic rings. The predicted octanol–water partition coefficient (Wildman–Crippen LogP) is 16.5. The van der Waals surface area contributed by atoms with Crippen molar-refractivity contribution in [1.82, 2.24) is 18.3 Å². The molecule has 0 aliphatic carbocycles. The van der Waals surface area contributed by atoms with E-state index in [1.807, 2.05) is 66.7 Å². The van der Waals surface area contributed by atoms with Gasteiger partial charge in [-0.2, -0.15) is 23.7 Å². The van der Waals surface area contributed by atoms with Crippen LogP contribution in [0.1, 0.15) is 16.7 Å². The van der Waals surface area contributed by atoms with E-state index in [1.54, 1.807) is 12.1 Å². The van der Waals surface area contributed by atoms with Gasteiger partial charge in [0, 0.05) is 54.5 Å². The molecule has 72 heavy (non-hydrogen) atoms. The maximum absolute atomic E-state index is 14.7. The van der Waals surface area contributed by atoms with Crippen LogP contribution in [-0.2, 0) is 6.18 Å². The van der Waals surface area contributed by atoms with E-state index in [1.165, 1.54) is 6.07 Å². The fraction of sp³-hybridized carbons (Fsp3) is 0.0159. The average molecular weight is 933 g/mol. The maximum atomic E-state index is 14.7. The van der Waals surface area contributed by atoms with E-state index in [0.29, 0.717) is 22.5 Å². The standard InChI is InChI=1S/C63H35F3N6/c64-63(65,66)41-30-38(36-67)29-39(31-41)40-32-61(71-57-23-11-5-17-48(57)50-34-42(25-27-59(50)71)69-53-19-7-1-13-44(53)45-14-2-8-20-54(45)69)52(37-68)62(33-40)72-58-24-12-6-18-49(58)51-35-43(26-28-60(51)72)70-55-21-9-3-15-46(55)47-16-4-10-22-56(47)70/h1-35H. The summed E-state index contributed by atoms with van der Waals surface area (Å²) in [6, 6.07) is 73.7. The predicted molar refractivity (Wildman–Crippen MR) is 284 cm³/mol. The minimum atomic E-state index is -4.72. The first-order valence-electron chi connectivity index (χ1n) is 23.5. The molecule has 4 heterocycles. The number of nitriles is 2. The summed E-state index contributed by atoms with van der Waals surface area (Å²) in [6.07, 6.45) is -4.72. The first-order valence-corrected chi connectivity index (χ1v) is 23.5. The molecule has 0 fully saturated rings. The lowest BCUT2D eigenvalue weighted by Gasteiger charge is -2.19. The van der Waals surface area contributed by atoms with Gasteiger partial charge in [0.2, 0.25) is 0 Å². The molecular formula is C63H35F3N6. The van der Waals surface area contributed by atoms with Gasteiger partial charge in [-0.3, -0.25) is 0 Å². The highest BCUT2D eigenvalue weighted by Crippen LogP contribution is 2.44. The quantitative estimate of drug-likeness (QED) is 0.173. The highest BCUT2D eigenvalue weighted by Gasteiger charge is 2.32. The Morgan fingerprint density at radius 3 is 1.01 bits per heavy atom. The molecule has 10 aromatic carbocycles. The number of alkyl halides is 3. The minimum Gasteiger partial charge on any atom is -0.309 e. The van der Waals surface area contributed by atoms with Crippen molar-refractivity contribution in [2.24, 2.45) is 0 Å². The zero-order valence-electron chi connectivity index (χ0n) is 38.0. The summed E-state index contributed by atoms with van der Waals surface area (Å²) < 4.78 is 52.7. The van der Waals surface area contributed by atoms with Crippen LogP contribution in [-0.4, -0.2) is 18.3 Å². The molecule has 0 atom stereocenters. The Morgan fingerprint density at radius 1 is 0.319 bits per heavy atom. The summed E-state index contributed by atoms with van der Waals surface area (Å²) in [5, 5.41) is 30.0. The van der Waals surface area contributed by atoms with Gasteiger partial charge in [-0.05, 0) is 114 Å². The molecule has 338 valence electrons. The third-order valence-corrected chi connectivity index (χ3v) is 14.4. The van der Waals surface area contributed by atoms with Crippen LogP contribution >= 0.6 is 0 Å². The molecule has 4 aromatic heterocycles. The summed E-state index contributed by atoms with van der Waals surface area (Å²) in [7, 11) is 0. The first-order chi connectivity index (χ1) is 35.3. The van der Waals surface area contributed by atoms with Crippen molar-refractivity contribution >= 4 is 87.2 Å². The van der Waals surface area contributed by atoms with Crippen LogP contribution in [0.25, 0.3) is 121 Å². The van der Waals surface area contributed by atoms with E-state index in [0.717, 1.165) is 111 Å². The van der Waals surface area contributed by atoms with E-state index >= 15 is 0 Å². The highest BCUT2D eigenvalue weighted by molar-refractivity contribution is 6.14. The third-order valence-electron chi connectivity index (χ3n) is 14.4. The molecule has 14 rings (SSSR count). The Kier molecular flexibility index (Phi) is 8.77. The Balaban J connectivity index is 1.07. The molecular weight excluding hydrogens is 898 g/mol. The van der Waals surface area contributed by atoms with Crippen molar-refractivity contribution in [1.29, 1.82) is 10.5 Å². The molecule has 6 nitrogen and oxygen atoms in total. The van der Waals surface area contributed by atoms with Crippen LogP contribution < -0.4 is 0 Å². The van der Waals surface area contributed by atoms with Gasteiger partial charge < -0.3 is 18.3 Å². The number of para-hydroxylation sites is 6. The van der Waals surface area contributed by atoms with Crippen LogP contribution in [0, 0.1) is 22.7 Å². The summed E-state index contributed by atoms with van der Waals surface area (Å²) in [5.41, 5.74) is 10.2. The first kappa shape index (κ1) is 41.2. The fourth-order valence-electron chi connectivity index (χ4n) is 11.4. The number of rotatable bonds is 5. The average Bonchev–Trinajstić information content (AvgIpc) is 4.15. The molecule has 14 aromatic rings. The zero-order chi connectivity index (χ0) is 48.4. The highest BCUT2D eigenvalue weighted by atomic mass is 19.4. The maximum Gasteiger partial charge on any atom is 0.416 e. The molecule has 0 saturated heterocycles. The second kappa shape index (κ2) is 15.3. The zero-order valence-corrected chi connectivity index (χ0v) is 38.0. The van der Waals surface area contributed by atoms with E-state index in [2.05, 4.69) is 146 Å². The van der Waals surface area contributed by atoms with Crippen LogP contribution in [0.2, 0.25) is 0 Å². The van der Waals surface area contributed by atoms with Crippen LogP contribution in [0.4, 0.5) is 13.2 Å². The number of benzene rings is 10. The molecule has 0 bridgehead atoms. The molecule has 0 saturated carbocycles. The lowest BCUT2D eigenvalue weighted by atomic mass is 9.96. The Hall–Kier alpha value is -9.83. The van der Waals surface area contributed by atoms with Crippen LogP contribution in [0.5, 0.6) is 0 Å². The lowest BCUT2D eigenvalue weighted by molar-refractivity contribution is -0.137. The van der Waals surface area contributed by atoms with Crippen LogP contribution in [0.15, 0.2) is 212 Å². The summed E-state index contributed by atoms with van der Waals surface area (Å²) in [6.45, 7) is 0. The number of hydrogen-bond acceptors (Lipinski definition) is 2. The molecule has 0 spiro atoms. The number of aromatic nitrogens is 4. The van der Waals surface area contributed by atoms with Crippen molar-refractivity contribution in [3.05, 3.63) is 229 Å². The van der Waals surface area contributed by atoms with Gasteiger partial charge in [-0.1, -0.05) is 109 Å². The van der Waals surface area contributed by atoms with Crippen molar-refractivity contribution in [2.45, 2.75) is 6.18 Å². The van der Waals surface area contributed by atoms with Gasteiger partial charge in [0.15, 0.2) is 0 Å². The second-order valence-corrected chi connectivity index (χ2v) is 18.3. The van der Waals surface area contributed by atoms with Gasteiger partial charge in [-0.25, -0.2) is 0 Å². The minimum absolute atomic E-state index is 0.129. The van der Waals surface area contributed by atoms with Gasteiger partial charge in [0.25, 0.3) is 0 Å². The second-order valence-electron chi connectivity index (χ2n) is 18.3. The SMILES string of the molecule is N#Cc1cc(-c2cc(-n3c4ccccc4c4cc(-n5c6ccccc6c6ccccc65)ccc43)c(C#N)c(-n3c4ccccc4c4cc(-n5c6ccccc6c6ccccc65)ccc43)c2)cc(C(F)(F)F)c1. The largest absolute Gasteiger partial charge is 0.416 e. The molecule has 0 amide bonds. The van der Waals surface area contributed by atoms with Gasteiger partial charge >= 0.3 is 6.18 Å². The molecule has 9 heteroatoms. The normalized spacial score (nSPS) is 12.1. The van der Waals surface area contributed by atoms with Crippen molar-refractivity contribution in [3.63, 3.8) is 0 Å². The van der Waals surface area contributed by atoms with Crippen molar-refractivity contribution in [2.75, 3.05) is 0 Å². The van der Waals surface area contributed by atoms with Crippen LogP contribution in [0.3, 0.4) is 0 Å². The van der Waals surface area contributed by atoms with Crippen molar-refractivity contribution in [3.8, 4) is 46.0 Å². The number of fused-ring (bicyclic) bond motifs is 12. The Morgan fingerprint density at radius 2 is 0.653 bits per heavy atom. The van der Waals surface area contributed by atoms with E-state index in [4.69, 9.17) is 0 Å². The molecule has 0 radical (unpaired) electrons. The summed E-state index contributed by atoms with van der Waals surface area (Å²) >= 11 is 0. The van der Waals surface area contributed by atoms with Gasteiger partial charge in [0.05, 0.1) is 72.7 Å². The number of halogens is 3. The fourth-order valence-corrected chi connectivity index (χ4v) is 11.4. The number of hydrogen-bond donors (Lipinski definition) is 0. The van der Waals surface area contributed by atoms with Gasteiger partial charge in [0.1, 0.15) is 11.6 Å². The number of nitrogens with zero attached hydrogens (tertiary/aromatic N) is 6. The Bertz CT molecular complexity index is 4360. The molecule has 0 unspecified atom stereocenters. The Labute approximate surface area is 408 Å². The molecule has 0 N–H and O–H groups in total. The smallest absolute Gasteiger partial charge is 0.309 e. The monoisotopic (exact) mass is 932 g/mol. The third kappa shape index (κ3) is 5.95. The summed E-state index contributed by atoms with van der Waals surface area (Å²) in [5.74, 6) is 0. The lowest BCUT2D eigenvalue weighted by Crippen LogP contribution is -2.07. The molecule has 0 aliphatic heterocycles. The van der Waals surface area contributed by atoms with Crippen molar-refractivity contribution < 1.29 is 13.2 Å². The van der Waals surface area contributed by atoms with E-state index in [9.17, 15) is 23.7 Å².